The minimum atomic E-state index is -1.16. The van der Waals surface area contributed by atoms with E-state index in [4.69, 9.17) is 14.6 Å². The third-order valence-electron chi connectivity index (χ3n) is 2.57. The molecule has 7 nitrogen and oxygen atoms in total. The maximum absolute atomic E-state index is 11.9. The number of nitrogens with zero attached hydrogens (tertiary/aromatic N) is 1. The fourth-order valence-electron chi connectivity index (χ4n) is 1.75. The monoisotopic (exact) mass is 273 g/mol. The molecule has 7 heteroatoms. The molecule has 1 heterocycles. The minimum absolute atomic E-state index is 0.0490. The van der Waals surface area contributed by atoms with Gasteiger partial charge < -0.3 is 14.6 Å². The van der Waals surface area contributed by atoms with Crippen LogP contribution in [0.15, 0.2) is 0 Å². The number of carbonyl (C=O) groups excluding carboxylic acids is 2. The Morgan fingerprint density at radius 1 is 1.26 bits per heavy atom. The van der Waals surface area contributed by atoms with E-state index in [0.717, 1.165) is 4.90 Å². The normalized spacial score (nSPS) is 22.4. The van der Waals surface area contributed by atoms with Gasteiger partial charge in [-0.1, -0.05) is 0 Å². The second-order valence-corrected chi connectivity index (χ2v) is 5.25. The van der Waals surface area contributed by atoms with Crippen LogP contribution in [-0.2, 0) is 19.1 Å². The van der Waals surface area contributed by atoms with Crippen LogP contribution in [0.2, 0.25) is 0 Å². The van der Waals surface area contributed by atoms with E-state index in [2.05, 4.69) is 0 Å². The van der Waals surface area contributed by atoms with Crippen molar-refractivity contribution in [2.75, 3.05) is 6.61 Å². The molecule has 0 saturated carbocycles. The second-order valence-electron chi connectivity index (χ2n) is 5.25. The molecule has 1 N–H and O–H groups in total. The molecule has 0 aliphatic carbocycles. The van der Waals surface area contributed by atoms with Gasteiger partial charge in [-0.25, -0.2) is 14.4 Å². The smallest absolute Gasteiger partial charge is 0.411 e. The number of carboxylic acids is 1. The van der Waals surface area contributed by atoms with Gasteiger partial charge in [-0.2, -0.15) is 0 Å². The maximum Gasteiger partial charge on any atom is 0.411 e. The molecule has 1 aliphatic heterocycles. The van der Waals surface area contributed by atoms with Crippen LogP contribution in [0.5, 0.6) is 0 Å². The summed E-state index contributed by atoms with van der Waals surface area (Å²) in [5.74, 6) is -1.77. The molecule has 0 aromatic rings. The molecule has 2 unspecified atom stereocenters. The van der Waals surface area contributed by atoms with Crippen molar-refractivity contribution in [1.82, 2.24) is 4.90 Å². The largest absolute Gasteiger partial charge is 0.480 e. The van der Waals surface area contributed by atoms with E-state index in [9.17, 15) is 14.4 Å². The molecule has 1 fully saturated rings. The highest BCUT2D eigenvalue weighted by Gasteiger charge is 2.51. The van der Waals surface area contributed by atoms with Crippen LogP contribution in [0.25, 0.3) is 0 Å². The first-order valence-corrected chi connectivity index (χ1v) is 6.08. The third-order valence-corrected chi connectivity index (χ3v) is 2.57. The molecule has 0 spiro atoms. The third kappa shape index (κ3) is 3.59. The van der Waals surface area contributed by atoms with Gasteiger partial charge in [0.2, 0.25) is 0 Å². The van der Waals surface area contributed by atoms with Crippen molar-refractivity contribution in [2.24, 2.45) is 0 Å². The molecule has 1 saturated heterocycles. The summed E-state index contributed by atoms with van der Waals surface area (Å²) >= 11 is 0. The summed E-state index contributed by atoms with van der Waals surface area (Å²) in [6.45, 7) is 6.82. The average Bonchev–Trinajstić information content (AvgIpc) is 2.11. The molecule has 0 radical (unpaired) electrons. The number of ether oxygens (including phenoxy) is 2. The maximum atomic E-state index is 11.9. The minimum Gasteiger partial charge on any atom is -0.480 e. The number of likely N-dealkylation sites (tertiary alicyclic amines) is 1. The standard InChI is InChI=1S/C12H19NO6/c1-5-18-10(16)8-6-7(9(14)15)13(8)11(17)19-12(2,3)4/h7-8H,5-6H2,1-4H3,(H,14,15). The zero-order valence-electron chi connectivity index (χ0n) is 11.5. The molecule has 2 atom stereocenters. The van der Waals surface area contributed by atoms with Gasteiger partial charge in [0.05, 0.1) is 6.61 Å². The zero-order valence-corrected chi connectivity index (χ0v) is 11.5. The SMILES string of the molecule is CCOC(=O)C1CC(C(=O)O)N1C(=O)OC(C)(C)C. The Balaban J connectivity index is 2.79. The lowest BCUT2D eigenvalue weighted by molar-refractivity contribution is -0.165. The first-order valence-electron chi connectivity index (χ1n) is 6.08. The molecule has 1 amide bonds. The van der Waals surface area contributed by atoms with E-state index in [1.807, 2.05) is 0 Å². The van der Waals surface area contributed by atoms with E-state index in [1.54, 1.807) is 27.7 Å². The van der Waals surface area contributed by atoms with Crippen molar-refractivity contribution in [2.45, 2.75) is 51.8 Å². The highest BCUT2D eigenvalue weighted by atomic mass is 16.6. The lowest BCUT2D eigenvalue weighted by Crippen LogP contribution is -2.65. The molecule has 0 aromatic carbocycles. The molecular weight excluding hydrogens is 254 g/mol. The first-order chi connectivity index (χ1) is 8.67. The van der Waals surface area contributed by atoms with E-state index in [1.165, 1.54) is 0 Å². The predicted octanol–water partition coefficient (Wildman–Crippen LogP) is 1.01. The first kappa shape index (κ1) is 15.3. The molecule has 108 valence electrons. The Bertz CT molecular complexity index is 386. The van der Waals surface area contributed by atoms with Gasteiger partial charge in [0.1, 0.15) is 17.7 Å². The number of hydrogen-bond donors (Lipinski definition) is 1. The summed E-state index contributed by atoms with van der Waals surface area (Å²) in [6, 6.07) is -1.92. The van der Waals surface area contributed by atoms with Crippen LogP contribution in [0.1, 0.15) is 34.1 Å². The zero-order chi connectivity index (χ0) is 14.8. The summed E-state index contributed by atoms with van der Waals surface area (Å²) in [6.07, 6.45) is -0.767. The summed E-state index contributed by atoms with van der Waals surface area (Å²) < 4.78 is 9.90. The van der Waals surface area contributed by atoms with Crippen LogP contribution in [-0.4, -0.2) is 52.3 Å². The van der Waals surface area contributed by atoms with E-state index in [0.29, 0.717) is 0 Å². The Morgan fingerprint density at radius 3 is 2.26 bits per heavy atom. The Labute approximate surface area is 111 Å². The van der Waals surface area contributed by atoms with Crippen LogP contribution in [0.4, 0.5) is 4.79 Å². The van der Waals surface area contributed by atoms with E-state index < -0.39 is 35.7 Å². The fourth-order valence-corrected chi connectivity index (χ4v) is 1.75. The van der Waals surface area contributed by atoms with Gasteiger partial charge in [-0.3, -0.25) is 4.90 Å². The van der Waals surface area contributed by atoms with Crippen LogP contribution in [0.3, 0.4) is 0 Å². The Hall–Kier alpha value is -1.79. The van der Waals surface area contributed by atoms with Crippen molar-refractivity contribution in [3.05, 3.63) is 0 Å². The molecule has 19 heavy (non-hydrogen) atoms. The van der Waals surface area contributed by atoms with Crippen molar-refractivity contribution < 1.29 is 29.0 Å². The molecule has 1 rings (SSSR count). The molecule has 0 aromatic heterocycles. The Morgan fingerprint density at radius 2 is 1.84 bits per heavy atom. The van der Waals surface area contributed by atoms with Crippen LogP contribution in [0, 0.1) is 0 Å². The van der Waals surface area contributed by atoms with Crippen molar-refractivity contribution >= 4 is 18.0 Å². The lowest BCUT2D eigenvalue weighted by Gasteiger charge is -2.44. The number of carboxylic acid groups (broad SMARTS) is 1. The summed E-state index contributed by atoms with van der Waals surface area (Å²) in [4.78, 5) is 35.4. The molecular formula is C12H19NO6. The summed E-state index contributed by atoms with van der Waals surface area (Å²) in [5, 5.41) is 8.98. The fraction of sp³-hybridized carbons (Fsp3) is 0.750. The van der Waals surface area contributed by atoms with Crippen molar-refractivity contribution in [3.8, 4) is 0 Å². The number of amides is 1. The van der Waals surface area contributed by atoms with Crippen LogP contribution < -0.4 is 0 Å². The van der Waals surface area contributed by atoms with Crippen molar-refractivity contribution in [1.29, 1.82) is 0 Å². The molecule has 1 aliphatic rings. The average molecular weight is 273 g/mol. The van der Waals surface area contributed by atoms with Gasteiger partial charge in [0.25, 0.3) is 0 Å². The second kappa shape index (κ2) is 5.46. The van der Waals surface area contributed by atoms with Gasteiger partial charge in [0, 0.05) is 6.42 Å². The topological polar surface area (TPSA) is 93.1 Å². The summed E-state index contributed by atoms with van der Waals surface area (Å²) in [7, 11) is 0. The quantitative estimate of drug-likeness (QED) is 0.771. The Kier molecular flexibility index (Phi) is 4.39. The number of carbonyl (C=O) groups is 3. The highest BCUT2D eigenvalue weighted by molar-refractivity contribution is 5.90. The molecule has 0 bridgehead atoms. The van der Waals surface area contributed by atoms with Gasteiger partial charge >= 0.3 is 18.0 Å². The number of esters is 1. The van der Waals surface area contributed by atoms with E-state index in [-0.39, 0.29) is 13.0 Å². The number of hydrogen-bond acceptors (Lipinski definition) is 5. The van der Waals surface area contributed by atoms with Crippen LogP contribution >= 0.6 is 0 Å². The van der Waals surface area contributed by atoms with Gasteiger partial charge in [-0.15, -0.1) is 0 Å². The highest BCUT2D eigenvalue weighted by Crippen LogP contribution is 2.29. The van der Waals surface area contributed by atoms with Crippen molar-refractivity contribution in [3.63, 3.8) is 0 Å². The number of rotatable bonds is 3. The summed E-state index contributed by atoms with van der Waals surface area (Å²) in [5.41, 5.74) is -0.755. The van der Waals surface area contributed by atoms with Gasteiger partial charge in [-0.05, 0) is 27.7 Å². The number of aliphatic carboxylic acids is 1. The lowest BCUT2D eigenvalue weighted by atomic mass is 9.93. The van der Waals surface area contributed by atoms with Gasteiger partial charge in [0.15, 0.2) is 0 Å². The predicted molar refractivity (Wildman–Crippen MR) is 64.5 cm³/mol. The van der Waals surface area contributed by atoms with E-state index >= 15 is 0 Å².